The van der Waals surface area contributed by atoms with Crippen LogP contribution in [-0.2, 0) is 63.5 Å². The summed E-state index contributed by atoms with van der Waals surface area (Å²) in [5.74, 6) is 0.275. The van der Waals surface area contributed by atoms with E-state index >= 15 is 0 Å². The van der Waals surface area contributed by atoms with Crippen molar-refractivity contribution in [3.05, 3.63) is 33.8 Å². The Balaban J connectivity index is -0.000000651. The Hall–Kier alpha value is -1.90. The van der Waals surface area contributed by atoms with Gasteiger partial charge in [0.1, 0.15) is 6.10 Å². The zero-order chi connectivity index (χ0) is 45.8. The van der Waals surface area contributed by atoms with E-state index in [1.165, 1.54) is 0 Å². The first-order chi connectivity index (χ1) is 28.8. The van der Waals surface area contributed by atoms with Crippen LogP contribution in [0.3, 0.4) is 0 Å². The summed E-state index contributed by atoms with van der Waals surface area (Å²) in [6, 6.07) is 6.68. The van der Waals surface area contributed by atoms with Crippen molar-refractivity contribution < 1.29 is 61.7 Å². The van der Waals surface area contributed by atoms with Crippen LogP contribution in [0.1, 0.15) is 53.0 Å². The number of benzene rings is 1. The molecule has 0 radical (unpaired) electrons. The van der Waals surface area contributed by atoms with E-state index in [9.17, 15) is 9.59 Å². The number of likely N-dealkylation sites (tertiary alicyclic amines) is 1. The van der Waals surface area contributed by atoms with Gasteiger partial charge in [-0.25, -0.2) is 4.79 Å². The molecule has 0 saturated carbocycles. The van der Waals surface area contributed by atoms with Crippen molar-refractivity contribution in [1.29, 1.82) is 0 Å². The Labute approximate surface area is 372 Å². The maximum atomic E-state index is 11.0. The van der Waals surface area contributed by atoms with Crippen molar-refractivity contribution in [2.45, 2.75) is 72.3 Å². The monoisotopic (exact) mass is 906 g/mol. The summed E-state index contributed by atoms with van der Waals surface area (Å²) in [5.41, 5.74) is 1.03. The summed E-state index contributed by atoms with van der Waals surface area (Å²) < 4.78 is 53.8. The predicted molar refractivity (Wildman–Crippen MR) is 238 cm³/mol. The Bertz CT molecular complexity index is 1080. The fourth-order valence-electron chi connectivity index (χ4n) is 4.85. The molecule has 0 spiro atoms. The van der Waals surface area contributed by atoms with E-state index in [0.717, 1.165) is 51.3 Å². The van der Waals surface area contributed by atoms with Crippen LogP contribution in [0.4, 0.5) is 4.79 Å². The molecule has 1 unspecified atom stereocenters. The Morgan fingerprint density at radius 1 is 0.717 bits per heavy atom. The topological polar surface area (TPSA) is 154 Å². The number of rotatable bonds is 25. The minimum atomic E-state index is -0.350. The lowest BCUT2D eigenvalue weighted by atomic mass is 10.2. The first-order valence-electron chi connectivity index (χ1n) is 20.4. The number of methoxy groups -OCH3 is 7. The third-order valence-corrected chi connectivity index (χ3v) is 8.62. The number of ether oxygens (including phenoxy) is 11. The number of carbonyl (C=O) groups is 2. The summed E-state index contributed by atoms with van der Waals surface area (Å²) in [4.78, 5) is 25.6. The predicted octanol–water partition coefficient (Wildman–Crippen LogP) is 5.87. The lowest BCUT2D eigenvalue weighted by molar-refractivity contribution is -0.128. The largest absolute Gasteiger partial charge is 0.442 e. The second-order valence-electron chi connectivity index (χ2n) is 13.3. The van der Waals surface area contributed by atoms with E-state index in [1.54, 1.807) is 61.9 Å². The zero-order valence-electron chi connectivity index (χ0n) is 38.9. The van der Waals surface area contributed by atoms with Crippen molar-refractivity contribution in [1.82, 2.24) is 15.1 Å². The van der Waals surface area contributed by atoms with Gasteiger partial charge in [0.2, 0.25) is 5.91 Å². The minimum absolute atomic E-state index is 0.0949. The van der Waals surface area contributed by atoms with Gasteiger partial charge in [0.25, 0.3) is 0 Å². The van der Waals surface area contributed by atoms with Gasteiger partial charge in [-0.3, -0.25) is 9.69 Å². The molecule has 2 heterocycles. The highest BCUT2D eigenvalue weighted by Gasteiger charge is 2.21. The van der Waals surface area contributed by atoms with E-state index in [-0.39, 0.29) is 18.1 Å². The zero-order valence-corrected chi connectivity index (χ0v) is 40.4. The fourth-order valence-corrected chi connectivity index (χ4v) is 5.17. The van der Waals surface area contributed by atoms with E-state index in [0.29, 0.717) is 101 Å². The lowest BCUT2D eigenvalue weighted by Crippen LogP contribution is -2.39. The third-order valence-electron chi connectivity index (χ3n) is 7.88. The molecular weight excluding hydrogens is 825 g/mol. The lowest BCUT2D eigenvalue weighted by Gasteiger charge is -2.29. The number of nitrogens with zero attached hydrogens (tertiary/aromatic N) is 2. The number of halogens is 2. The normalized spacial score (nSPS) is 14.2. The second-order valence-corrected chi connectivity index (χ2v) is 14.2. The van der Waals surface area contributed by atoms with Crippen LogP contribution in [0.2, 0.25) is 10.0 Å². The van der Waals surface area contributed by atoms with E-state index in [4.69, 9.17) is 75.3 Å². The molecule has 0 bridgehead atoms. The molecule has 0 aromatic heterocycles. The van der Waals surface area contributed by atoms with Gasteiger partial charge in [-0.2, -0.15) is 0 Å². The van der Waals surface area contributed by atoms with Crippen LogP contribution in [0.25, 0.3) is 0 Å². The number of nitrogens with one attached hydrogen (secondary N) is 1. The molecule has 1 N–H and O–H groups in total. The standard InChI is InChI=1S/C9H21NO.C8H8Cl2O.C7H13NO2.C7H16O3.C6H14O3.C5H9NO3/c1-8(2)10(9(3)4)6-7-11-5;1-11-5-6-2-3-7(9)8(10)4-6;1-10-6-5-8-4-2-3-7(8)9;1-3-9-6-7-10-5-4-8-2;1-7-3-5-9-6-4-8-2;1-8-3-4-2-6-5(7)9-4/h8-9H,6-7H2,1-5H3;2-4H,5H2,1H3;2-6H2,1H3;3-7H2,1-2H3;3-6H2,1-2H3;4H,2-3H2,1H3,(H,6,7). The highest BCUT2D eigenvalue weighted by molar-refractivity contribution is 6.42. The highest BCUT2D eigenvalue weighted by atomic mass is 35.5. The molecule has 1 aromatic rings. The fraction of sp³-hybridized carbons (Fsp3) is 0.810. The van der Waals surface area contributed by atoms with Gasteiger partial charge in [0.15, 0.2) is 0 Å². The van der Waals surface area contributed by atoms with Crippen molar-refractivity contribution in [2.75, 3.05) is 155 Å². The molecule has 2 saturated heterocycles. The molecule has 2 aliphatic rings. The number of cyclic esters (lactones) is 1. The third kappa shape index (κ3) is 40.2. The first-order valence-corrected chi connectivity index (χ1v) is 21.2. The van der Waals surface area contributed by atoms with Gasteiger partial charge in [-0.1, -0.05) is 29.3 Å². The number of alkyl carbamates (subject to hydrolysis) is 1. The molecular formula is C42H81Cl2N3O13. The molecule has 2 fully saturated rings. The highest BCUT2D eigenvalue weighted by Crippen LogP contribution is 2.22. The summed E-state index contributed by atoms with van der Waals surface area (Å²) >= 11 is 11.5. The minimum Gasteiger partial charge on any atom is -0.442 e. The van der Waals surface area contributed by atoms with Crippen molar-refractivity contribution >= 4 is 35.2 Å². The molecule has 3 rings (SSSR count). The molecule has 356 valence electrons. The average Bonchev–Trinajstić information content (AvgIpc) is 3.84. The summed E-state index contributed by atoms with van der Waals surface area (Å²) in [6.45, 7) is 22.7. The number of hydrogen-bond acceptors (Lipinski definition) is 14. The van der Waals surface area contributed by atoms with Crippen LogP contribution in [0.15, 0.2) is 18.2 Å². The average molecular weight is 907 g/mol. The molecule has 2 amide bonds. The van der Waals surface area contributed by atoms with Gasteiger partial charge in [0.05, 0.1) is 95.9 Å². The molecule has 1 atom stereocenters. The molecule has 0 aliphatic carbocycles. The van der Waals surface area contributed by atoms with Crippen LogP contribution in [0.5, 0.6) is 0 Å². The van der Waals surface area contributed by atoms with Crippen LogP contribution in [0, 0.1) is 0 Å². The van der Waals surface area contributed by atoms with E-state index < -0.39 is 0 Å². The van der Waals surface area contributed by atoms with Crippen molar-refractivity contribution in [2.24, 2.45) is 0 Å². The van der Waals surface area contributed by atoms with Gasteiger partial charge in [-0.05, 0) is 58.7 Å². The quantitative estimate of drug-likeness (QED) is 0.116. The van der Waals surface area contributed by atoms with Crippen LogP contribution < -0.4 is 5.32 Å². The maximum Gasteiger partial charge on any atom is 0.407 e. The second kappa shape index (κ2) is 46.6. The van der Waals surface area contributed by atoms with E-state index in [1.807, 2.05) is 17.9 Å². The molecule has 1 aromatic carbocycles. The van der Waals surface area contributed by atoms with Crippen LogP contribution in [-0.4, -0.2) is 195 Å². The Kier molecular flexibility index (Phi) is 48.5. The molecule has 16 nitrogen and oxygen atoms in total. The summed E-state index contributed by atoms with van der Waals surface area (Å²) in [6.07, 6.45) is 1.30. The van der Waals surface area contributed by atoms with Gasteiger partial charge in [-0.15, -0.1) is 0 Å². The number of carbonyl (C=O) groups excluding carboxylic acids is 2. The number of hydrogen-bond donors (Lipinski definition) is 1. The SMILES string of the molecule is CCOCCOCCOC.COCC1CNC(=O)O1.COCCN(C(C)C)C(C)C.COCCN1CCCC1=O.COCCOCCOC.COCc1ccc(Cl)c(Cl)c1. The molecule has 60 heavy (non-hydrogen) atoms. The maximum absolute atomic E-state index is 11.0. The summed E-state index contributed by atoms with van der Waals surface area (Å²) in [7, 11) is 11.6. The van der Waals surface area contributed by atoms with Crippen molar-refractivity contribution in [3.8, 4) is 0 Å². The molecule has 2 aliphatic heterocycles. The van der Waals surface area contributed by atoms with Crippen LogP contribution >= 0.6 is 23.2 Å². The number of amides is 2. The van der Waals surface area contributed by atoms with Gasteiger partial charge < -0.3 is 62.3 Å². The Morgan fingerprint density at radius 3 is 1.65 bits per heavy atom. The van der Waals surface area contributed by atoms with Crippen molar-refractivity contribution in [3.63, 3.8) is 0 Å². The first kappa shape index (κ1) is 62.4. The summed E-state index contributed by atoms with van der Waals surface area (Å²) in [5, 5.41) is 3.66. The molecule has 18 heteroatoms. The smallest absolute Gasteiger partial charge is 0.407 e. The van der Waals surface area contributed by atoms with Gasteiger partial charge in [0, 0.05) is 94.5 Å². The van der Waals surface area contributed by atoms with Gasteiger partial charge >= 0.3 is 6.09 Å². The van der Waals surface area contributed by atoms with E-state index in [2.05, 4.69) is 37.9 Å². The Morgan fingerprint density at radius 2 is 1.25 bits per heavy atom.